The van der Waals surface area contributed by atoms with Gasteiger partial charge < -0.3 is 4.74 Å². The van der Waals surface area contributed by atoms with Gasteiger partial charge in [-0.1, -0.05) is 39.3 Å². The zero-order valence-electron chi connectivity index (χ0n) is 12.0. The molecule has 0 amide bonds. The highest BCUT2D eigenvalue weighted by Crippen LogP contribution is 2.24. The molecule has 0 N–H and O–H groups in total. The minimum absolute atomic E-state index is 0.251. The molecule has 4 heteroatoms. The van der Waals surface area contributed by atoms with Crippen LogP contribution < -0.4 is 4.74 Å². The number of hydrogen-bond donors (Lipinski definition) is 0. The first-order valence-corrected chi connectivity index (χ1v) is 6.96. The normalized spacial score (nSPS) is 11.3. The maximum atomic E-state index is 6.10. The largest absolute Gasteiger partial charge is 0.477 e. The van der Waals surface area contributed by atoms with Gasteiger partial charge in [-0.25, -0.2) is 4.98 Å². The molecule has 0 radical (unpaired) electrons. The number of halogens is 1. The summed E-state index contributed by atoms with van der Waals surface area (Å²) < 4.78 is 5.72. The lowest BCUT2D eigenvalue weighted by Crippen LogP contribution is -2.07. The second-order valence-electron chi connectivity index (χ2n) is 5.34. The van der Waals surface area contributed by atoms with Crippen LogP contribution in [0.1, 0.15) is 57.8 Å². The van der Waals surface area contributed by atoms with Crippen LogP contribution in [0.4, 0.5) is 0 Å². The molecule has 0 saturated heterocycles. The maximum Gasteiger partial charge on any atom is 0.221 e. The van der Waals surface area contributed by atoms with Gasteiger partial charge in [-0.3, -0.25) is 0 Å². The van der Waals surface area contributed by atoms with Gasteiger partial charge in [-0.15, -0.1) is 0 Å². The molecule has 102 valence electrons. The minimum Gasteiger partial charge on any atom is -0.477 e. The van der Waals surface area contributed by atoms with E-state index in [2.05, 4.69) is 23.8 Å². The van der Waals surface area contributed by atoms with Gasteiger partial charge in [0.25, 0.3) is 0 Å². The quantitative estimate of drug-likeness (QED) is 0.568. The molecule has 0 aromatic carbocycles. The van der Waals surface area contributed by atoms with E-state index in [9.17, 15) is 0 Å². The summed E-state index contributed by atoms with van der Waals surface area (Å²) in [5, 5.41) is 0.493. The summed E-state index contributed by atoms with van der Waals surface area (Å²) in [5.74, 6) is 2.32. The summed E-state index contributed by atoms with van der Waals surface area (Å²) in [6, 6.07) is 0. The van der Waals surface area contributed by atoms with Crippen molar-refractivity contribution < 1.29 is 4.74 Å². The van der Waals surface area contributed by atoms with E-state index in [1.54, 1.807) is 0 Å². The van der Waals surface area contributed by atoms with Crippen LogP contribution >= 0.6 is 11.6 Å². The number of nitrogens with zero attached hydrogens (tertiary/aromatic N) is 2. The highest BCUT2D eigenvalue weighted by Gasteiger charge is 2.12. The van der Waals surface area contributed by atoms with Crippen LogP contribution in [-0.4, -0.2) is 16.6 Å². The van der Waals surface area contributed by atoms with E-state index in [1.165, 1.54) is 0 Å². The van der Waals surface area contributed by atoms with Crippen molar-refractivity contribution in [3.63, 3.8) is 0 Å². The molecule has 0 bridgehead atoms. The number of aromatic nitrogens is 2. The number of ether oxygens (including phenoxy) is 1. The second kappa shape index (κ2) is 6.93. The zero-order chi connectivity index (χ0) is 13.7. The van der Waals surface area contributed by atoms with E-state index in [1.807, 2.05) is 20.8 Å². The Hall–Kier alpha value is -0.830. The summed E-state index contributed by atoms with van der Waals surface area (Å²) in [6.07, 6.45) is 2.20. The van der Waals surface area contributed by atoms with Gasteiger partial charge >= 0.3 is 0 Å². The zero-order valence-corrected chi connectivity index (χ0v) is 12.7. The molecule has 1 heterocycles. The van der Waals surface area contributed by atoms with Gasteiger partial charge in [0.1, 0.15) is 11.0 Å². The van der Waals surface area contributed by atoms with Crippen molar-refractivity contribution in [3.05, 3.63) is 16.5 Å². The SMILES string of the molecule is Cc1c(Cl)nc(C(C)C)nc1OCCCC(C)C. The van der Waals surface area contributed by atoms with E-state index >= 15 is 0 Å². The predicted octanol–water partition coefficient (Wildman–Crippen LogP) is 4.38. The van der Waals surface area contributed by atoms with Crippen molar-refractivity contribution in [3.8, 4) is 5.88 Å². The van der Waals surface area contributed by atoms with E-state index < -0.39 is 0 Å². The lowest BCUT2D eigenvalue weighted by atomic mass is 10.1. The molecule has 1 rings (SSSR count). The smallest absolute Gasteiger partial charge is 0.221 e. The van der Waals surface area contributed by atoms with Crippen molar-refractivity contribution in [1.82, 2.24) is 9.97 Å². The van der Waals surface area contributed by atoms with Gasteiger partial charge in [-0.05, 0) is 25.7 Å². The Kier molecular flexibility index (Phi) is 5.86. The van der Waals surface area contributed by atoms with E-state index in [-0.39, 0.29) is 5.92 Å². The van der Waals surface area contributed by atoms with Crippen molar-refractivity contribution in [2.24, 2.45) is 5.92 Å². The first-order valence-electron chi connectivity index (χ1n) is 6.58. The van der Waals surface area contributed by atoms with Crippen LogP contribution in [0.5, 0.6) is 5.88 Å². The van der Waals surface area contributed by atoms with Gasteiger partial charge in [-0.2, -0.15) is 4.98 Å². The standard InChI is InChI=1S/C14H23ClN2O/c1-9(2)7-6-8-18-14-11(5)12(15)16-13(17-14)10(3)4/h9-10H,6-8H2,1-5H3. The fourth-order valence-corrected chi connectivity index (χ4v) is 1.71. The molecule has 0 unspecified atom stereocenters. The Labute approximate surface area is 115 Å². The van der Waals surface area contributed by atoms with E-state index in [0.717, 1.165) is 24.2 Å². The highest BCUT2D eigenvalue weighted by molar-refractivity contribution is 6.30. The molecule has 0 aliphatic heterocycles. The molecule has 0 aliphatic carbocycles. The van der Waals surface area contributed by atoms with Crippen LogP contribution in [0.15, 0.2) is 0 Å². The molecule has 1 aromatic heterocycles. The van der Waals surface area contributed by atoms with Crippen molar-refractivity contribution in [2.75, 3.05) is 6.61 Å². The maximum absolute atomic E-state index is 6.10. The topological polar surface area (TPSA) is 35.0 Å². The Morgan fingerprint density at radius 3 is 2.39 bits per heavy atom. The molecule has 0 saturated carbocycles. The summed E-state index contributed by atoms with van der Waals surface area (Å²) >= 11 is 6.10. The average molecular weight is 271 g/mol. The first kappa shape index (κ1) is 15.2. The van der Waals surface area contributed by atoms with E-state index in [4.69, 9.17) is 16.3 Å². The third-order valence-electron chi connectivity index (χ3n) is 2.74. The van der Waals surface area contributed by atoms with Crippen LogP contribution in [0.25, 0.3) is 0 Å². The molecule has 0 atom stereocenters. The third-order valence-corrected chi connectivity index (χ3v) is 3.11. The fourth-order valence-electron chi connectivity index (χ4n) is 1.54. The van der Waals surface area contributed by atoms with Gasteiger partial charge in [0.05, 0.1) is 6.61 Å². The minimum atomic E-state index is 0.251. The fraction of sp³-hybridized carbons (Fsp3) is 0.714. The third kappa shape index (κ3) is 4.45. The van der Waals surface area contributed by atoms with Crippen LogP contribution in [0.2, 0.25) is 5.15 Å². The van der Waals surface area contributed by atoms with Crippen molar-refractivity contribution in [1.29, 1.82) is 0 Å². The monoisotopic (exact) mass is 270 g/mol. The van der Waals surface area contributed by atoms with Crippen molar-refractivity contribution >= 4 is 11.6 Å². The molecule has 1 aromatic rings. The summed E-state index contributed by atoms with van der Waals surface area (Å²) in [6.45, 7) is 11.1. The Morgan fingerprint density at radius 2 is 1.83 bits per heavy atom. The van der Waals surface area contributed by atoms with Gasteiger partial charge in [0, 0.05) is 11.5 Å². The summed E-state index contributed by atoms with van der Waals surface area (Å²) in [4.78, 5) is 8.70. The average Bonchev–Trinajstić information content (AvgIpc) is 2.28. The number of hydrogen-bond acceptors (Lipinski definition) is 3. The van der Waals surface area contributed by atoms with Crippen molar-refractivity contribution in [2.45, 2.75) is 53.4 Å². The molecule has 3 nitrogen and oxygen atoms in total. The summed E-state index contributed by atoms with van der Waals surface area (Å²) in [7, 11) is 0. The van der Waals surface area contributed by atoms with E-state index in [0.29, 0.717) is 23.6 Å². The molecular weight excluding hydrogens is 248 g/mol. The first-order chi connectivity index (χ1) is 8.41. The second-order valence-corrected chi connectivity index (χ2v) is 5.70. The predicted molar refractivity (Wildman–Crippen MR) is 75.4 cm³/mol. The Balaban J connectivity index is 2.69. The molecule has 0 fully saturated rings. The van der Waals surface area contributed by atoms with Gasteiger partial charge in [0.2, 0.25) is 5.88 Å². The van der Waals surface area contributed by atoms with Crippen LogP contribution in [-0.2, 0) is 0 Å². The van der Waals surface area contributed by atoms with Crippen LogP contribution in [0.3, 0.4) is 0 Å². The van der Waals surface area contributed by atoms with Gasteiger partial charge in [0.15, 0.2) is 0 Å². The van der Waals surface area contributed by atoms with Crippen LogP contribution in [0, 0.1) is 12.8 Å². The lowest BCUT2D eigenvalue weighted by Gasteiger charge is -2.12. The molecular formula is C14H23ClN2O. The molecule has 18 heavy (non-hydrogen) atoms. The molecule has 0 spiro atoms. The lowest BCUT2D eigenvalue weighted by molar-refractivity contribution is 0.283. The Bertz CT molecular complexity index is 392. The molecule has 0 aliphatic rings. The highest BCUT2D eigenvalue weighted by atomic mass is 35.5. The Morgan fingerprint density at radius 1 is 1.17 bits per heavy atom. The number of rotatable bonds is 6. The summed E-state index contributed by atoms with van der Waals surface area (Å²) in [5.41, 5.74) is 0.825.